The van der Waals surface area contributed by atoms with Gasteiger partial charge in [-0.3, -0.25) is 4.79 Å². The summed E-state index contributed by atoms with van der Waals surface area (Å²) >= 11 is 1.75. The highest BCUT2D eigenvalue weighted by molar-refractivity contribution is 7.17. The van der Waals surface area contributed by atoms with Crippen molar-refractivity contribution in [2.75, 3.05) is 0 Å². The number of thiophene rings is 1. The number of hydrogen-bond donors (Lipinski definition) is 2. The van der Waals surface area contributed by atoms with E-state index in [4.69, 9.17) is 10.5 Å². The molecule has 0 bridgehead atoms. The molecule has 2 aliphatic rings. The lowest BCUT2D eigenvalue weighted by Crippen LogP contribution is -2.48. The Kier molecular flexibility index (Phi) is 6.40. The Labute approximate surface area is 193 Å². The highest BCUT2D eigenvalue weighted by atomic mass is 32.1. The molecule has 0 radical (unpaired) electrons. The summed E-state index contributed by atoms with van der Waals surface area (Å²) in [7, 11) is 0. The number of carbonyl (C=O) groups is 1. The number of ether oxygens (including phenoxy) is 1. The Morgan fingerprint density at radius 1 is 1.34 bits per heavy atom. The SMILES string of the molecule is C=C(C)/C(=C\C)c1csc2ccc(COC3=CC=C([C@]4(CC(=O)O)C[C@@H](N)C4)CC3)cc12. The molecule has 1 saturated carbocycles. The predicted octanol–water partition coefficient (Wildman–Crippen LogP) is 6.58. The zero-order chi connectivity index (χ0) is 22.9. The minimum atomic E-state index is -0.750. The summed E-state index contributed by atoms with van der Waals surface area (Å²) < 4.78 is 7.39. The second kappa shape index (κ2) is 9.08. The van der Waals surface area contributed by atoms with Gasteiger partial charge in [0.15, 0.2) is 0 Å². The Morgan fingerprint density at radius 3 is 2.72 bits per heavy atom. The maximum atomic E-state index is 11.4. The van der Waals surface area contributed by atoms with E-state index in [1.807, 2.05) is 13.0 Å². The molecule has 0 unspecified atom stereocenters. The molecule has 2 aliphatic carbocycles. The molecule has 4 rings (SSSR count). The van der Waals surface area contributed by atoms with Gasteiger partial charge in [0.05, 0.1) is 12.2 Å². The monoisotopic (exact) mass is 449 g/mol. The number of fused-ring (bicyclic) bond motifs is 1. The van der Waals surface area contributed by atoms with E-state index in [9.17, 15) is 9.90 Å². The average molecular weight is 450 g/mol. The lowest BCUT2D eigenvalue weighted by Gasteiger charge is -2.48. The first-order chi connectivity index (χ1) is 15.3. The average Bonchev–Trinajstić information content (AvgIpc) is 3.14. The lowest BCUT2D eigenvalue weighted by atomic mass is 9.58. The molecule has 0 spiro atoms. The molecular formula is C27H31NO3S. The topological polar surface area (TPSA) is 72.5 Å². The van der Waals surface area contributed by atoms with Crippen LogP contribution in [-0.2, 0) is 16.1 Å². The Hall–Kier alpha value is -2.63. The fourth-order valence-electron chi connectivity index (χ4n) is 5.12. The van der Waals surface area contributed by atoms with Crippen LogP contribution in [-0.4, -0.2) is 17.1 Å². The zero-order valence-electron chi connectivity index (χ0n) is 18.8. The summed E-state index contributed by atoms with van der Waals surface area (Å²) in [4.78, 5) is 11.4. The minimum Gasteiger partial charge on any atom is -0.493 e. The highest BCUT2D eigenvalue weighted by Gasteiger charge is 2.46. The fourth-order valence-corrected chi connectivity index (χ4v) is 6.06. The van der Waals surface area contributed by atoms with Crippen LogP contribution in [0.1, 0.15) is 57.1 Å². The first kappa shape index (κ1) is 22.6. The van der Waals surface area contributed by atoms with E-state index in [0.29, 0.717) is 6.61 Å². The van der Waals surface area contributed by atoms with Crippen molar-refractivity contribution in [3.63, 3.8) is 0 Å². The van der Waals surface area contributed by atoms with Gasteiger partial charge in [0.1, 0.15) is 6.61 Å². The van der Waals surface area contributed by atoms with Crippen LogP contribution in [0.3, 0.4) is 0 Å². The summed E-state index contributed by atoms with van der Waals surface area (Å²) in [6.07, 6.45) is 9.52. The predicted molar refractivity (Wildman–Crippen MR) is 132 cm³/mol. The standard InChI is InChI=1S/C27H31NO3S/c1-4-22(17(2)3)24-16-32-25-10-5-18(11-23(24)25)15-31-21-8-6-19(7-9-21)27(14-26(29)30)12-20(28)13-27/h4-6,8,10-11,16,20H,2,7,9,12-15,28H2,1,3H3,(H,29,30)/b22-4+/t20-,27-. The maximum absolute atomic E-state index is 11.4. The first-order valence-electron chi connectivity index (χ1n) is 11.1. The smallest absolute Gasteiger partial charge is 0.304 e. The van der Waals surface area contributed by atoms with E-state index in [2.05, 4.69) is 49.2 Å². The molecule has 5 heteroatoms. The van der Waals surface area contributed by atoms with Gasteiger partial charge in [0.25, 0.3) is 0 Å². The van der Waals surface area contributed by atoms with Gasteiger partial charge in [0.2, 0.25) is 0 Å². The molecule has 4 nitrogen and oxygen atoms in total. The van der Waals surface area contributed by atoms with E-state index in [1.165, 1.54) is 26.8 Å². The summed E-state index contributed by atoms with van der Waals surface area (Å²) in [5.41, 5.74) is 11.6. The Balaban J connectivity index is 1.47. The van der Waals surface area contributed by atoms with E-state index < -0.39 is 5.97 Å². The summed E-state index contributed by atoms with van der Waals surface area (Å²) in [6, 6.07) is 6.62. The summed E-state index contributed by atoms with van der Waals surface area (Å²) in [5, 5.41) is 12.8. The molecule has 1 heterocycles. The molecule has 168 valence electrons. The van der Waals surface area contributed by atoms with Crippen molar-refractivity contribution in [3.05, 3.63) is 76.4 Å². The Bertz CT molecular complexity index is 1140. The molecule has 3 N–H and O–H groups in total. The van der Waals surface area contributed by atoms with Crippen molar-refractivity contribution < 1.29 is 14.6 Å². The van der Waals surface area contributed by atoms with Gasteiger partial charge in [-0.25, -0.2) is 0 Å². The van der Waals surface area contributed by atoms with Gasteiger partial charge in [0, 0.05) is 33.5 Å². The van der Waals surface area contributed by atoms with E-state index >= 15 is 0 Å². The Morgan fingerprint density at radius 2 is 2.12 bits per heavy atom. The minimum absolute atomic E-state index is 0.113. The maximum Gasteiger partial charge on any atom is 0.304 e. The van der Waals surface area contributed by atoms with Gasteiger partial charge in [-0.15, -0.1) is 11.3 Å². The van der Waals surface area contributed by atoms with Gasteiger partial charge in [-0.05, 0) is 67.8 Å². The number of nitrogens with two attached hydrogens (primary N) is 1. The number of carboxylic acid groups (broad SMARTS) is 1. The van der Waals surface area contributed by atoms with Crippen molar-refractivity contribution in [2.45, 2.75) is 58.6 Å². The van der Waals surface area contributed by atoms with Crippen molar-refractivity contribution in [2.24, 2.45) is 11.1 Å². The molecule has 1 aromatic heterocycles. The van der Waals surface area contributed by atoms with Gasteiger partial charge in [-0.2, -0.15) is 0 Å². The fraction of sp³-hybridized carbons (Fsp3) is 0.370. The van der Waals surface area contributed by atoms with Gasteiger partial charge < -0.3 is 15.6 Å². The third-order valence-electron chi connectivity index (χ3n) is 6.69. The van der Waals surface area contributed by atoms with Crippen LogP contribution in [0.2, 0.25) is 0 Å². The van der Waals surface area contributed by atoms with Crippen LogP contribution < -0.4 is 5.73 Å². The lowest BCUT2D eigenvalue weighted by molar-refractivity contribution is -0.140. The third kappa shape index (κ3) is 4.45. The molecule has 2 aromatic rings. The number of hydrogen-bond acceptors (Lipinski definition) is 4. The van der Waals surface area contributed by atoms with E-state index in [-0.39, 0.29) is 17.9 Å². The second-order valence-corrected chi connectivity index (χ2v) is 10.0. The molecular weight excluding hydrogens is 418 g/mol. The zero-order valence-corrected chi connectivity index (χ0v) is 19.6. The molecule has 1 fully saturated rings. The molecule has 0 atom stereocenters. The number of rotatable bonds is 8. The van der Waals surface area contributed by atoms with Crippen LogP contribution in [0, 0.1) is 5.41 Å². The molecule has 0 saturated heterocycles. The molecule has 0 aliphatic heterocycles. The summed E-state index contributed by atoms with van der Waals surface area (Å²) in [5.74, 6) is 0.198. The van der Waals surface area contributed by atoms with Crippen LogP contribution in [0.25, 0.3) is 15.7 Å². The third-order valence-corrected chi connectivity index (χ3v) is 7.65. The van der Waals surface area contributed by atoms with Crippen LogP contribution >= 0.6 is 11.3 Å². The van der Waals surface area contributed by atoms with Crippen LogP contribution in [0.5, 0.6) is 0 Å². The molecule has 1 aromatic carbocycles. The van der Waals surface area contributed by atoms with Gasteiger partial charge >= 0.3 is 5.97 Å². The largest absolute Gasteiger partial charge is 0.493 e. The van der Waals surface area contributed by atoms with Crippen molar-refractivity contribution in [3.8, 4) is 0 Å². The van der Waals surface area contributed by atoms with E-state index in [0.717, 1.165) is 42.6 Å². The number of aliphatic carboxylic acids is 1. The normalized spacial score (nSPS) is 23.3. The van der Waals surface area contributed by atoms with Crippen molar-refractivity contribution in [1.82, 2.24) is 0 Å². The van der Waals surface area contributed by atoms with Crippen LogP contribution in [0.15, 0.2) is 65.3 Å². The molecule has 32 heavy (non-hydrogen) atoms. The van der Waals surface area contributed by atoms with Crippen molar-refractivity contribution in [1.29, 1.82) is 0 Å². The van der Waals surface area contributed by atoms with E-state index in [1.54, 1.807) is 11.3 Å². The van der Waals surface area contributed by atoms with Gasteiger partial charge in [-0.1, -0.05) is 35.9 Å². The second-order valence-electron chi connectivity index (χ2n) is 9.10. The number of allylic oxidation sites excluding steroid dienone is 7. The quantitative estimate of drug-likeness (QED) is 0.446. The number of benzene rings is 1. The highest BCUT2D eigenvalue weighted by Crippen LogP contribution is 2.51. The first-order valence-corrected chi connectivity index (χ1v) is 12.0. The molecule has 0 amide bonds. The van der Waals surface area contributed by atoms with Crippen molar-refractivity contribution >= 4 is 33.0 Å². The summed E-state index contributed by atoms with van der Waals surface area (Å²) in [6.45, 7) is 8.73. The van der Waals surface area contributed by atoms with Crippen LogP contribution in [0.4, 0.5) is 0 Å². The number of carboxylic acids is 1.